The fourth-order valence-electron chi connectivity index (χ4n) is 3.08. The van der Waals surface area contributed by atoms with Crippen LogP contribution in [-0.2, 0) is 7.05 Å². The fraction of sp³-hybridized carbons (Fsp3) is 0.0909. The van der Waals surface area contributed by atoms with Gasteiger partial charge < -0.3 is 5.32 Å². The van der Waals surface area contributed by atoms with Gasteiger partial charge in [-0.25, -0.2) is 14.3 Å². The van der Waals surface area contributed by atoms with Crippen LogP contribution >= 0.6 is 0 Å². The van der Waals surface area contributed by atoms with Gasteiger partial charge in [-0.3, -0.25) is 14.2 Å². The van der Waals surface area contributed by atoms with E-state index < -0.39 is 11.2 Å². The molecule has 2 aromatic carbocycles. The van der Waals surface area contributed by atoms with E-state index in [9.17, 15) is 14.4 Å². The Bertz CT molecular complexity index is 1340. The quantitative estimate of drug-likeness (QED) is 0.587. The highest BCUT2D eigenvalue weighted by atomic mass is 16.2. The molecule has 1 N–H and O–H groups in total. The number of carbonyl (C=O) groups excluding carboxylic acids is 1. The summed E-state index contributed by atoms with van der Waals surface area (Å²) in [4.78, 5) is 42.3. The molecular weight excluding hydrogens is 368 g/mol. The Kier molecular flexibility index (Phi) is 4.56. The van der Waals surface area contributed by atoms with Crippen LogP contribution in [0.25, 0.3) is 16.7 Å². The van der Waals surface area contributed by atoms with E-state index in [1.54, 1.807) is 24.3 Å². The van der Waals surface area contributed by atoms with Crippen LogP contribution < -0.4 is 16.6 Å². The second-order valence-electron chi connectivity index (χ2n) is 6.73. The Morgan fingerprint density at radius 1 is 1.00 bits per heavy atom. The summed E-state index contributed by atoms with van der Waals surface area (Å²) >= 11 is 0. The second-order valence-corrected chi connectivity index (χ2v) is 6.73. The van der Waals surface area contributed by atoms with Gasteiger partial charge in [-0.1, -0.05) is 35.9 Å². The van der Waals surface area contributed by atoms with Gasteiger partial charge >= 0.3 is 5.69 Å². The minimum atomic E-state index is -0.504. The first-order valence-electron chi connectivity index (χ1n) is 9.01. The van der Waals surface area contributed by atoms with Crippen LogP contribution in [0.5, 0.6) is 0 Å². The maximum atomic E-state index is 12.8. The molecule has 29 heavy (non-hydrogen) atoms. The van der Waals surface area contributed by atoms with E-state index in [4.69, 9.17) is 0 Å². The van der Waals surface area contributed by atoms with Crippen LogP contribution in [0.2, 0.25) is 0 Å². The molecule has 0 bridgehead atoms. The molecule has 0 fully saturated rings. The Morgan fingerprint density at radius 3 is 2.38 bits per heavy atom. The number of aryl methyl sites for hydroxylation is 1. The van der Waals surface area contributed by atoms with Gasteiger partial charge in [-0.15, -0.1) is 0 Å². The zero-order chi connectivity index (χ0) is 20.5. The summed E-state index contributed by atoms with van der Waals surface area (Å²) in [6.45, 7) is 1.95. The van der Waals surface area contributed by atoms with E-state index in [0.29, 0.717) is 11.4 Å². The molecule has 4 rings (SSSR count). The van der Waals surface area contributed by atoms with Crippen molar-refractivity contribution in [2.24, 2.45) is 7.05 Å². The van der Waals surface area contributed by atoms with Gasteiger partial charge in [-0.05, 0) is 37.3 Å². The molecule has 4 aromatic rings. The van der Waals surface area contributed by atoms with Crippen LogP contribution in [-0.4, -0.2) is 20.0 Å². The third-order valence-electron chi connectivity index (χ3n) is 4.68. The van der Waals surface area contributed by atoms with E-state index in [1.165, 1.54) is 23.9 Å². The van der Waals surface area contributed by atoms with Gasteiger partial charge in [0.05, 0.1) is 16.6 Å². The number of aromatic nitrogens is 3. The number of pyridine rings is 1. The van der Waals surface area contributed by atoms with Crippen molar-refractivity contribution in [3.05, 3.63) is 98.8 Å². The number of nitrogens with zero attached hydrogens (tertiary/aromatic N) is 3. The van der Waals surface area contributed by atoms with Crippen molar-refractivity contribution >= 4 is 22.6 Å². The lowest BCUT2D eigenvalue weighted by Crippen LogP contribution is -2.38. The number of hydrogen-bond acceptors (Lipinski definition) is 4. The molecular formula is C22H18N4O3. The SMILES string of the molecule is Cc1ccc(-n2c(=O)n(C)c(=O)c3cc(C(=O)Nc4ccccc4)cnc32)cc1. The highest BCUT2D eigenvalue weighted by molar-refractivity contribution is 6.05. The van der Waals surface area contributed by atoms with Crippen LogP contribution in [0.15, 0.2) is 76.4 Å². The maximum Gasteiger partial charge on any atom is 0.337 e. The zero-order valence-corrected chi connectivity index (χ0v) is 15.9. The number of carbonyl (C=O) groups is 1. The van der Waals surface area contributed by atoms with Gasteiger partial charge in [0.15, 0.2) is 5.65 Å². The van der Waals surface area contributed by atoms with E-state index in [1.807, 2.05) is 37.3 Å². The van der Waals surface area contributed by atoms with E-state index in [2.05, 4.69) is 10.3 Å². The molecule has 1 amide bonds. The molecule has 2 aromatic heterocycles. The van der Waals surface area contributed by atoms with Gasteiger partial charge in [0, 0.05) is 18.9 Å². The van der Waals surface area contributed by atoms with Crippen LogP contribution in [0, 0.1) is 6.92 Å². The average molecular weight is 386 g/mol. The van der Waals surface area contributed by atoms with Crippen molar-refractivity contribution in [3.63, 3.8) is 0 Å². The maximum absolute atomic E-state index is 12.8. The van der Waals surface area contributed by atoms with E-state index >= 15 is 0 Å². The number of fused-ring (bicyclic) bond motifs is 1. The van der Waals surface area contributed by atoms with Crippen molar-refractivity contribution < 1.29 is 4.79 Å². The molecule has 7 heteroatoms. The molecule has 0 unspecified atom stereocenters. The molecule has 7 nitrogen and oxygen atoms in total. The highest BCUT2D eigenvalue weighted by Gasteiger charge is 2.16. The Morgan fingerprint density at radius 2 is 1.69 bits per heavy atom. The Hall–Kier alpha value is -4.00. The molecule has 2 heterocycles. The molecule has 144 valence electrons. The summed E-state index contributed by atoms with van der Waals surface area (Å²) in [5.74, 6) is -0.388. The van der Waals surface area contributed by atoms with Crippen LogP contribution in [0.4, 0.5) is 5.69 Å². The minimum absolute atomic E-state index is 0.188. The first-order valence-corrected chi connectivity index (χ1v) is 9.01. The molecule has 0 atom stereocenters. The summed E-state index contributed by atoms with van der Waals surface area (Å²) in [5.41, 5.74) is 1.70. The molecule has 0 aliphatic heterocycles. The number of amides is 1. The molecule has 0 saturated carbocycles. The van der Waals surface area contributed by atoms with Gasteiger partial charge in [0.25, 0.3) is 11.5 Å². The smallest absolute Gasteiger partial charge is 0.322 e. The minimum Gasteiger partial charge on any atom is -0.322 e. The van der Waals surface area contributed by atoms with Crippen molar-refractivity contribution in [1.82, 2.24) is 14.1 Å². The van der Waals surface area contributed by atoms with Crippen LogP contribution in [0.1, 0.15) is 15.9 Å². The van der Waals surface area contributed by atoms with Crippen molar-refractivity contribution in [1.29, 1.82) is 0 Å². The lowest BCUT2D eigenvalue weighted by Gasteiger charge is -2.12. The first kappa shape index (κ1) is 18.4. The first-order chi connectivity index (χ1) is 14.0. The van der Waals surface area contributed by atoms with Crippen molar-refractivity contribution in [2.45, 2.75) is 6.92 Å². The number of para-hydroxylation sites is 1. The van der Waals surface area contributed by atoms with Gasteiger partial charge in [0.1, 0.15) is 0 Å². The summed E-state index contributed by atoms with van der Waals surface area (Å²) in [6, 6.07) is 17.8. The topological polar surface area (TPSA) is 86.0 Å². The Balaban J connectivity index is 1.87. The Labute approximate surface area is 165 Å². The predicted molar refractivity (Wildman–Crippen MR) is 112 cm³/mol. The largest absolute Gasteiger partial charge is 0.337 e. The number of rotatable bonds is 3. The average Bonchev–Trinajstić information content (AvgIpc) is 2.74. The number of nitrogens with one attached hydrogen (secondary N) is 1. The highest BCUT2D eigenvalue weighted by Crippen LogP contribution is 2.15. The zero-order valence-electron chi connectivity index (χ0n) is 15.9. The molecule has 0 radical (unpaired) electrons. The normalized spacial score (nSPS) is 10.8. The molecule has 0 aliphatic carbocycles. The van der Waals surface area contributed by atoms with Crippen molar-refractivity contribution in [3.8, 4) is 5.69 Å². The summed E-state index contributed by atoms with van der Waals surface area (Å²) in [7, 11) is 1.41. The number of benzene rings is 2. The predicted octanol–water partition coefficient (Wildman–Crippen LogP) is 2.65. The lowest BCUT2D eigenvalue weighted by atomic mass is 10.2. The van der Waals surface area contributed by atoms with Crippen molar-refractivity contribution in [2.75, 3.05) is 5.32 Å². The number of hydrogen-bond donors (Lipinski definition) is 1. The van der Waals surface area contributed by atoms with E-state index in [-0.39, 0.29) is 22.5 Å². The van der Waals surface area contributed by atoms with Gasteiger partial charge in [0.2, 0.25) is 0 Å². The molecule has 0 saturated heterocycles. The molecule has 0 aliphatic rings. The third kappa shape index (κ3) is 3.34. The number of anilines is 1. The van der Waals surface area contributed by atoms with Crippen LogP contribution in [0.3, 0.4) is 0 Å². The van der Waals surface area contributed by atoms with E-state index in [0.717, 1.165) is 10.1 Å². The fourth-order valence-corrected chi connectivity index (χ4v) is 3.08. The van der Waals surface area contributed by atoms with Gasteiger partial charge in [-0.2, -0.15) is 0 Å². The monoisotopic (exact) mass is 386 g/mol. The summed E-state index contributed by atoms with van der Waals surface area (Å²) < 4.78 is 2.39. The summed E-state index contributed by atoms with van der Waals surface area (Å²) in [5, 5.41) is 2.95. The lowest BCUT2D eigenvalue weighted by molar-refractivity contribution is 0.102. The molecule has 0 spiro atoms. The second kappa shape index (κ2) is 7.20. The third-order valence-corrected chi connectivity index (χ3v) is 4.68. The summed E-state index contributed by atoms with van der Waals surface area (Å²) in [6.07, 6.45) is 1.37. The standard InChI is InChI=1S/C22H18N4O3/c1-14-8-10-17(11-9-14)26-19-18(21(28)25(2)22(26)29)12-15(13-23-19)20(27)24-16-6-4-3-5-7-16/h3-13H,1-2H3,(H,24,27).